The Bertz CT molecular complexity index is 1490. The summed E-state index contributed by atoms with van der Waals surface area (Å²) in [6, 6.07) is 14.1. The number of carbonyl (C=O) groups excluding carboxylic acids is 2. The van der Waals surface area contributed by atoms with Crippen LogP contribution in [0.2, 0.25) is 0 Å². The predicted octanol–water partition coefficient (Wildman–Crippen LogP) is 3.35. The fourth-order valence-corrected chi connectivity index (χ4v) is 3.34. The number of benzene rings is 2. The zero-order valence-electron chi connectivity index (χ0n) is 18.9. The van der Waals surface area contributed by atoms with Crippen LogP contribution in [0.25, 0.3) is 17.1 Å². The third-order valence-electron chi connectivity index (χ3n) is 5.18. The highest BCUT2D eigenvalue weighted by atomic mass is 19.4. The van der Waals surface area contributed by atoms with Gasteiger partial charge in [0.15, 0.2) is 6.61 Å². The van der Waals surface area contributed by atoms with Gasteiger partial charge in [0.25, 0.3) is 11.5 Å². The van der Waals surface area contributed by atoms with E-state index in [-0.39, 0.29) is 22.6 Å². The van der Waals surface area contributed by atoms with Crippen molar-refractivity contribution in [2.45, 2.75) is 13.1 Å². The molecule has 0 radical (unpaired) electrons. The Hall–Kier alpha value is -4.68. The number of amides is 1. The molecule has 2 heterocycles. The Morgan fingerprint density at radius 2 is 1.83 bits per heavy atom. The third-order valence-corrected chi connectivity index (χ3v) is 5.18. The van der Waals surface area contributed by atoms with Crippen LogP contribution in [0.1, 0.15) is 21.9 Å². The van der Waals surface area contributed by atoms with Crippen LogP contribution in [0.5, 0.6) is 0 Å². The second kappa shape index (κ2) is 9.52. The molecule has 0 spiro atoms. The SMILES string of the molecule is Cc1c(NC(=O)COC(=O)c2cccc(-c3noc(C(F)(F)F)n3)c2)c(=O)n(-c2ccccc2)n1C. The lowest BCUT2D eigenvalue weighted by molar-refractivity contribution is -0.159. The maximum atomic E-state index is 12.9. The number of nitrogens with one attached hydrogen (secondary N) is 1. The van der Waals surface area contributed by atoms with Crippen LogP contribution < -0.4 is 10.9 Å². The monoisotopic (exact) mass is 501 g/mol. The van der Waals surface area contributed by atoms with Gasteiger partial charge in [-0.25, -0.2) is 9.48 Å². The van der Waals surface area contributed by atoms with E-state index >= 15 is 0 Å². The quantitative estimate of drug-likeness (QED) is 0.402. The number of esters is 1. The number of anilines is 1. The summed E-state index contributed by atoms with van der Waals surface area (Å²) >= 11 is 0. The van der Waals surface area contributed by atoms with Crippen LogP contribution in [-0.4, -0.2) is 38.0 Å². The highest BCUT2D eigenvalue weighted by molar-refractivity contribution is 5.96. The van der Waals surface area contributed by atoms with Crippen molar-refractivity contribution in [2.24, 2.45) is 7.05 Å². The van der Waals surface area contributed by atoms with E-state index < -0.39 is 36.1 Å². The van der Waals surface area contributed by atoms with E-state index in [4.69, 9.17) is 4.74 Å². The van der Waals surface area contributed by atoms with Gasteiger partial charge in [-0.15, -0.1) is 0 Å². The maximum absolute atomic E-state index is 12.9. The van der Waals surface area contributed by atoms with E-state index in [1.165, 1.54) is 28.9 Å². The Labute approximate surface area is 200 Å². The summed E-state index contributed by atoms with van der Waals surface area (Å²) < 4.78 is 50.2. The van der Waals surface area contributed by atoms with E-state index in [0.717, 1.165) is 0 Å². The number of nitrogens with zero attached hydrogens (tertiary/aromatic N) is 4. The van der Waals surface area contributed by atoms with Gasteiger partial charge in [-0.2, -0.15) is 18.2 Å². The van der Waals surface area contributed by atoms with Gasteiger partial charge in [-0.05, 0) is 31.2 Å². The van der Waals surface area contributed by atoms with Gasteiger partial charge in [0, 0.05) is 12.6 Å². The van der Waals surface area contributed by atoms with Crippen LogP contribution in [-0.2, 0) is 22.8 Å². The van der Waals surface area contributed by atoms with Crippen LogP contribution in [0.15, 0.2) is 63.9 Å². The van der Waals surface area contributed by atoms with Gasteiger partial charge in [0.05, 0.1) is 16.9 Å². The lowest BCUT2D eigenvalue weighted by atomic mass is 10.1. The second-order valence-corrected chi connectivity index (χ2v) is 7.56. The molecule has 4 rings (SSSR count). The van der Waals surface area contributed by atoms with Crippen LogP contribution in [0, 0.1) is 6.92 Å². The average Bonchev–Trinajstić information content (AvgIpc) is 3.44. The average molecular weight is 501 g/mol. The molecule has 2 aromatic carbocycles. The minimum absolute atomic E-state index is 0.0296. The summed E-state index contributed by atoms with van der Waals surface area (Å²) in [7, 11) is 1.66. The molecule has 2 aromatic heterocycles. The van der Waals surface area contributed by atoms with Crippen molar-refractivity contribution in [3.63, 3.8) is 0 Å². The number of rotatable bonds is 6. The fraction of sp³-hybridized carbons (Fsp3) is 0.174. The van der Waals surface area contributed by atoms with Crippen LogP contribution in [0.4, 0.5) is 18.9 Å². The molecule has 186 valence electrons. The number of alkyl halides is 3. The van der Waals surface area contributed by atoms with Gasteiger partial charge >= 0.3 is 18.0 Å². The molecule has 0 unspecified atom stereocenters. The molecule has 0 bridgehead atoms. The fourth-order valence-electron chi connectivity index (χ4n) is 3.34. The zero-order chi connectivity index (χ0) is 26.0. The number of halogens is 3. The van der Waals surface area contributed by atoms with Crippen molar-refractivity contribution in [1.29, 1.82) is 0 Å². The molecule has 10 nitrogen and oxygen atoms in total. The van der Waals surface area contributed by atoms with Crippen molar-refractivity contribution in [3.8, 4) is 17.1 Å². The minimum atomic E-state index is -4.81. The highest BCUT2D eigenvalue weighted by Crippen LogP contribution is 2.29. The summed E-state index contributed by atoms with van der Waals surface area (Å²) in [4.78, 5) is 41.0. The van der Waals surface area contributed by atoms with E-state index in [1.54, 1.807) is 49.0 Å². The predicted molar refractivity (Wildman–Crippen MR) is 119 cm³/mol. The molecule has 4 aromatic rings. The Balaban J connectivity index is 1.44. The standard InChI is InChI=1S/C23H18F3N5O5/c1-13-18(20(33)31(30(13)2)16-9-4-3-5-10-16)27-17(32)12-35-21(34)15-8-6-7-14(11-15)19-28-22(36-29-19)23(24,25)26/h3-11H,12H2,1-2H3,(H,27,32). The molecular weight excluding hydrogens is 483 g/mol. The summed E-state index contributed by atoms with van der Waals surface area (Å²) in [6.07, 6.45) is -4.81. The summed E-state index contributed by atoms with van der Waals surface area (Å²) in [6.45, 7) is 0.943. The first-order valence-corrected chi connectivity index (χ1v) is 10.4. The van der Waals surface area contributed by atoms with Gasteiger partial charge in [-0.3, -0.25) is 14.3 Å². The van der Waals surface area contributed by atoms with Crippen molar-refractivity contribution >= 4 is 17.6 Å². The Morgan fingerprint density at radius 1 is 1.11 bits per heavy atom. The topological polar surface area (TPSA) is 121 Å². The molecule has 1 N–H and O–H groups in total. The van der Waals surface area contributed by atoms with E-state index in [9.17, 15) is 27.6 Å². The number of hydrogen-bond donors (Lipinski definition) is 1. The first-order chi connectivity index (χ1) is 17.1. The molecule has 0 aliphatic heterocycles. The van der Waals surface area contributed by atoms with Gasteiger partial charge in [0.2, 0.25) is 5.82 Å². The second-order valence-electron chi connectivity index (χ2n) is 7.56. The number of ether oxygens (including phenoxy) is 1. The number of para-hydroxylation sites is 1. The van der Waals surface area contributed by atoms with Crippen molar-refractivity contribution < 1.29 is 32.0 Å². The Morgan fingerprint density at radius 3 is 2.50 bits per heavy atom. The van der Waals surface area contributed by atoms with Gasteiger partial charge in [-0.1, -0.05) is 35.5 Å². The zero-order valence-corrected chi connectivity index (χ0v) is 18.9. The molecule has 36 heavy (non-hydrogen) atoms. The molecule has 0 fully saturated rings. The van der Waals surface area contributed by atoms with Crippen molar-refractivity contribution in [2.75, 3.05) is 11.9 Å². The van der Waals surface area contributed by atoms with Crippen LogP contribution in [0.3, 0.4) is 0 Å². The number of hydrogen-bond acceptors (Lipinski definition) is 7. The lowest BCUT2D eigenvalue weighted by Crippen LogP contribution is -2.25. The lowest BCUT2D eigenvalue weighted by Gasteiger charge is -2.07. The molecular formula is C23H18F3N5O5. The molecule has 0 atom stereocenters. The molecule has 1 amide bonds. The summed E-state index contributed by atoms with van der Waals surface area (Å²) in [5.41, 5.74) is 0.669. The molecule has 0 aliphatic rings. The summed E-state index contributed by atoms with van der Waals surface area (Å²) in [5.74, 6) is -3.56. The van der Waals surface area contributed by atoms with Crippen LogP contribution >= 0.6 is 0 Å². The Kier molecular flexibility index (Phi) is 6.47. The molecule has 0 aliphatic carbocycles. The van der Waals surface area contributed by atoms with Crippen molar-refractivity contribution in [3.05, 3.63) is 82.1 Å². The third kappa shape index (κ3) is 4.89. The van der Waals surface area contributed by atoms with Crippen molar-refractivity contribution in [1.82, 2.24) is 19.5 Å². The van der Waals surface area contributed by atoms with Gasteiger partial charge in [0.1, 0.15) is 5.69 Å². The summed E-state index contributed by atoms with van der Waals surface area (Å²) in [5, 5.41) is 5.73. The normalized spacial score (nSPS) is 11.4. The molecule has 13 heteroatoms. The number of carbonyl (C=O) groups is 2. The molecule has 0 saturated carbocycles. The van der Waals surface area contributed by atoms with E-state index in [0.29, 0.717) is 11.4 Å². The first kappa shape index (κ1) is 24.4. The maximum Gasteiger partial charge on any atom is 0.471 e. The van der Waals surface area contributed by atoms with E-state index in [2.05, 4.69) is 20.0 Å². The first-order valence-electron chi connectivity index (χ1n) is 10.4. The molecule has 0 saturated heterocycles. The largest absolute Gasteiger partial charge is 0.471 e. The highest BCUT2D eigenvalue weighted by Gasteiger charge is 2.38. The smallest absolute Gasteiger partial charge is 0.452 e. The van der Waals surface area contributed by atoms with E-state index in [1.807, 2.05) is 0 Å². The minimum Gasteiger partial charge on any atom is -0.452 e. The van der Waals surface area contributed by atoms with Gasteiger partial charge < -0.3 is 14.6 Å². The number of aromatic nitrogens is 4.